The minimum Gasteiger partial charge on any atom is -0.398 e. The maximum absolute atomic E-state index is 11.3. The number of rotatable bonds is 1. The molecule has 0 spiro atoms. The number of nitrogens with two attached hydrogens (primary N) is 1. The second-order valence-corrected chi connectivity index (χ2v) is 5.65. The molecule has 0 unspecified atom stereocenters. The van der Waals surface area contributed by atoms with Crippen LogP contribution >= 0.6 is 0 Å². The van der Waals surface area contributed by atoms with Crippen molar-refractivity contribution in [3.63, 3.8) is 0 Å². The molecule has 0 heterocycles. The minimum atomic E-state index is -4.24. The van der Waals surface area contributed by atoms with Crippen LogP contribution in [-0.2, 0) is 23.0 Å². The third-order valence-electron chi connectivity index (χ3n) is 3.27. The van der Waals surface area contributed by atoms with E-state index in [4.69, 9.17) is 5.73 Å². The summed E-state index contributed by atoms with van der Waals surface area (Å²) in [6.45, 7) is 0. The molecule has 17 heavy (non-hydrogen) atoms. The van der Waals surface area contributed by atoms with Gasteiger partial charge in [-0.25, -0.2) is 0 Å². The Morgan fingerprint density at radius 2 is 1.59 bits per heavy atom. The van der Waals surface area contributed by atoms with Crippen molar-refractivity contribution in [3.05, 3.63) is 35.4 Å². The van der Waals surface area contributed by atoms with Crippen molar-refractivity contribution >= 4 is 26.6 Å². The first-order valence-electron chi connectivity index (χ1n) is 5.29. The van der Waals surface area contributed by atoms with Crippen molar-refractivity contribution in [2.75, 3.05) is 5.73 Å². The number of nitrogen functional groups attached to an aromatic ring is 1. The van der Waals surface area contributed by atoms with Crippen molar-refractivity contribution in [2.45, 2.75) is 17.7 Å². The third-order valence-corrected chi connectivity index (χ3v) is 4.16. The minimum absolute atomic E-state index is 0.0995. The first-order chi connectivity index (χ1) is 7.98. The van der Waals surface area contributed by atoms with E-state index in [0.29, 0.717) is 11.1 Å². The smallest absolute Gasteiger partial charge is 0.295 e. The van der Waals surface area contributed by atoms with E-state index in [0.717, 1.165) is 29.4 Å². The number of aryl methyl sites for hydroxylation is 2. The van der Waals surface area contributed by atoms with Crippen LogP contribution in [0.2, 0.25) is 0 Å². The fourth-order valence-corrected chi connectivity index (χ4v) is 3.26. The summed E-state index contributed by atoms with van der Waals surface area (Å²) in [5, 5.41) is 1.35. The summed E-state index contributed by atoms with van der Waals surface area (Å²) in [7, 11) is -4.24. The van der Waals surface area contributed by atoms with Gasteiger partial charge in [-0.3, -0.25) is 4.55 Å². The zero-order valence-corrected chi connectivity index (χ0v) is 9.79. The van der Waals surface area contributed by atoms with Gasteiger partial charge in [-0.1, -0.05) is 12.1 Å². The molecule has 0 saturated heterocycles. The van der Waals surface area contributed by atoms with Gasteiger partial charge in [0.1, 0.15) is 4.90 Å². The van der Waals surface area contributed by atoms with E-state index in [9.17, 15) is 13.0 Å². The van der Waals surface area contributed by atoms with Gasteiger partial charge in [0, 0.05) is 11.1 Å². The standard InChI is InChI=1S/C12H11NO3S/c13-9-5-3-7-1-2-8-4-6-10(17(14,15)16)12(9)11(7)8/h3-6H,1-2,13H2,(H,14,15,16). The highest BCUT2D eigenvalue weighted by atomic mass is 32.2. The average Bonchev–Trinajstić information content (AvgIpc) is 2.66. The van der Waals surface area contributed by atoms with Crippen LogP contribution in [0.4, 0.5) is 5.69 Å². The molecular formula is C12H11NO3S. The van der Waals surface area contributed by atoms with Crippen LogP contribution in [0.15, 0.2) is 29.2 Å². The van der Waals surface area contributed by atoms with Crippen molar-refractivity contribution in [3.8, 4) is 0 Å². The fraction of sp³-hybridized carbons (Fsp3) is 0.167. The molecule has 2 aromatic carbocycles. The second kappa shape index (κ2) is 3.21. The van der Waals surface area contributed by atoms with E-state index in [1.54, 1.807) is 12.1 Å². The van der Waals surface area contributed by atoms with Crippen molar-refractivity contribution in [2.24, 2.45) is 0 Å². The van der Waals surface area contributed by atoms with E-state index >= 15 is 0 Å². The Labute approximate surface area is 98.8 Å². The van der Waals surface area contributed by atoms with Crippen LogP contribution in [0.3, 0.4) is 0 Å². The molecule has 0 bridgehead atoms. The van der Waals surface area contributed by atoms with Gasteiger partial charge < -0.3 is 5.73 Å². The predicted molar refractivity (Wildman–Crippen MR) is 65.6 cm³/mol. The lowest BCUT2D eigenvalue weighted by molar-refractivity contribution is 0.484. The Kier molecular flexibility index (Phi) is 1.99. The zero-order valence-electron chi connectivity index (χ0n) is 8.97. The molecule has 4 nitrogen and oxygen atoms in total. The number of benzene rings is 2. The highest BCUT2D eigenvalue weighted by Gasteiger charge is 2.22. The Bertz CT molecular complexity index is 725. The lowest BCUT2D eigenvalue weighted by Crippen LogP contribution is -2.02. The van der Waals surface area contributed by atoms with Crippen LogP contribution in [0, 0.1) is 0 Å². The summed E-state index contributed by atoms with van der Waals surface area (Å²) >= 11 is 0. The van der Waals surface area contributed by atoms with Crippen molar-refractivity contribution in [1.29, 1.82) is 0 Å². The van der Waals surface area contributed by atoms with Crippen LogP contribution in [0.5, 0.6) is 0 Å². The normalized spacial score (nSPS) is 14.4. The summed E-state index contributed by atoms with van der Waals surface area (Å²) in [4.78, 5) is -0.0995. The molecule has 0 fully saturated rings. The molecule has 0 aliphatic heterocycles. The topological polar surface area (TPSA) is 80.4 Å². The largest absolute Gasteiger partial charge is 0.398 e. The first-order valence-corrected chi connectivity index (χ1v) is 6.73. The number of hydrogen-bond donors (Lipinski definition) is 2. The van der Waals surface area contributed by atoms with Gasteiger partial charge in [0.05, 0.1) is 0 Å². The molecule has 88 valence electrons. The molecule has 2 aromatic rings. The molecule has 3 N–H and O–H groups in total. The van der Waals surface area contributed by atoms with Crippen molar-refractivity contribution in [1.82, 2.24) is 0 Å². The maximum Gasteiger partial charge on any atom is 0.295 e. The first kappa shape index (κ1) is 10.6. The summed E-state index contributed by atoms with van der Waals surface area (Å²) in [6, 6.07) is 6.79. The van der Waals surface area contributed by atoms with E-state index in [1.165, 1.54) is 6.07 Å². The number of anilines is 1. The van der Waals surface area contributed by atoms with E-state index in [-0.39, 0.29) is 4.90 Å². The molecular weight excluding hydrogens is 238 g/mol. The molecule has 0 radical (unpaired) electrons. The van der Waals surface area contributed by atoms with Gasteiger partial charge in [0.25, 0.3) is 10.1 Å². The SMILES string of the molecule is Nc1ccc2c3c(ccc(S(=O)(=O)O)c13)CC2. The monoisotopic (exact) mass is 249 g/mol. The van der Waals surface area contributed by atoms with Gasteiger partial charge in [-0.2, -0.15) is 8.42 Å². The quantitative estimate of drug-likeness (QED) is 0.596. The third kappa shape index (κ3) is 1.43. The summed E-state index contributed by atoms with van der Waals surface area (Å²) in [5.74, 6) is 0. The summed E-state index contributed by atoms with van der Waals surface area (Å²) in [5.41, 5.74) is 8.42. The highest BCUT2D eigenvalue weighted by Crippen LogP contribution is 2.37. The predicted octanol–water partition coefficient (Wildman–Crippen LogP) is 1.77. The molecule has 1 aliphatic carbocycles. The highest BCUT2D eigenvalue weighted by molar-refractivity contribution is 7.86. The second-order valence-electron chi connectivity index (χ2n) is 4.26. The Morgan fingerprint density at radius 1 is 1.00 bits per heavy atom. The van der Waals surface area contributed by atoms with Crippen molar-refractivity contribution < 1.29 is 13.0 Å². The van der Waals surface area contributed by atoms with Gasteiger partial charge in [-0.05, 0) is 41.5 Å². The Hall–Kier alpha value is -1.59. The molecule has 0 atom stereocenters. The van der Waals surface area contributed by atoms with Crippen LogP contribution in [0.1, 0.15) is 11.1 Å². The zero-order chi connectivity index (χ0) is 12.2. The molecule has 1 aliphatic rings. The Balaban J connectivity index is 2.58. The molecule has 5 heteroatoms. The lowest BCUT2D eigenvalue weighted by Gasteiger charge is -2.09. The number of hydrogen-bond acceptors (Lipinski definition) is 3. The van der Waals surface area contributed by atoms with Crippen LogP contribution in [-0.4, -0.2) is 13.0 Å². The van der Waals surface area contributed by atoms with Crippen LogP contribution < -0.4 is 5.73 Å². The van der Waals surface area contributed by atoms with E-state index in [2.05, 4.69) is 0 Å². The molecule has 3 rings (SSSR count). The van der Waals surface area contributed by atoms with Gasteiger partial charge in [0.2, 0.25) is 0 Å². The lowest BCUT2D eigenvalue weighted by atomic mass is 10.0. The summed E-state index contributed by atoms with van der Waals surface area (Å²) in [6.07, 6.45) is 1.78. The van der Waals surface area contributed by atoms with E-state index in [1.807, 2.05) is 6.07 Å². The average molecular weight is 249 g/mol. The van der Waals surface area contributed by atoms with Gasteiger partial charge >= 0.3 is 0 Å². The molecule has 0 amide bonds. The van der Waals surface area contributed by atoms with Gasteiger partial charge in [0.15, 0.2) is 0 Å². The molecule has 0 saturated carbocycles. The van der Waals surface area contributed by atoms with E-state index < -0.39 is 10.1 Å². The fourth-order valence-electron chi connectivity index (χ4n) is 2.54. The molecule has 0 aromatic heterocycles. The van der Waals surface area contributed by atoms with Crippen LogP contribution in [0.25, 0.3) is 10.8 Å². The van der Waals surface area contributed by atoms with Gasteiger partial charge in [-0.15, -0.1) is 0 Å². The Morgan fingerprint density at radius 3 is 2.18 bits per heavy atom. The summed E-state index contributed by atoms with van der Waals surface area (Å²) < 4.78 is 31.9. The maximum atomic E-state index is 11.3.